The number of ether oxygens (including phenoxy) is 2. The van der Waals surface area contributed by atoms with Crippen LogP contribution in [0.1, 0.15) is 10.4 Å². The molecule has 1 amide bonds. The molecule has 0 radical (unpaired) electrons. The first-order valence-electron chi connectivity index (χ1n) is 8.35. The Morgan fingerprint density at radius 1 is 1.08 bits per heavy atom. The summed E-state index contributed by atoms with van der Waals surface area (Å²) in [6.45, 7) is 2.44. The third-order valence-corrected chi connectivity index (χ3v) is 4.25. The zero-order valence-corrected chi connectivity index (χ0v) is 15.3. The second-order valence-electron chi connectivity index (χ2n) is 5.76. The molecule has 0 atom stereocenters. The predicted octanol–water partition coefficient (Wildman–Crippen LogP) is 2.98. The van der Waals surface area contributed by atoms with Crippen LogP contribution in [-0.4, -0.2) is 49.3 Å². The first-order chi connectivity index (χ1) is 12.7. The highest BCUT2D eigenvalue weighted by atomic mass is 32.1. The van der Waals surface area contributed by atoms with Gasteiger partial charge in [0.25, 0.3) is 5.91 Å². The highest BCUT2D eigenvalue weighted by Gasteiger charge is 2.18. The molecule has 6 nitrogen and oxygen atoms in total. The van der Waals surface area contributed by atoms with E-state index < -0.39 is 0 Å². The molecule has 26 heavy (non-hydrogen) atoms. The molecule has 136 valence electrons. The van der Waals surface area contributed by atoms with Crippen LogP contribution < -0.4 is 15.4 Å². The molecule has 0 aromatic heterocycles. The van der Waals surface area contributed by atoms with Gasteiger partial charge in [-0.3, -0.25) is 4.79 Å². The summed E-state index contributed by atoms with van der Waals surface area (Å²) < 4.78 is 10.6. The molecular weight excluding hydrogens is 350 g/mol. The molecule has 0 saturated carbocycles. The van der Waals surface area contributed by atoms with Crippen molar-refractivity contribution in [3.63, 3.8) is 0 Å². The molecule has 2 N–H and O–H groups in total. The lowest BCUT2D eigenvalue weighted by Crippen LogP contribution is -2.40. The van der Waals surface area contributed by atoms with Crippen molar-refractivity contribution >= 4 is 34.6 Å². The maximum Gasteiger partial charge on any atom is 0.254 e. The van der Waals surface area contributed by atoms with Crippen molar-refractivity contribution in [2.75, 3.05) is 44.0 Å². The lowest BCUT2D eigenvalue weighted by atomic mass is 10.1. The fourth-order valence-electron chi connectivity index (χ4n) is 2.68. The number of rotatable bonds is 4. The topological polar surface area (TPSA) is 62.8 Å². The Morgan fingerprint density at radius 2 is 1.77 bits per heavy atom. The van der Waals surface area contributed by atoms with Crippen LogP contribution in [-0.2, 0) is 4.74 Å². The van der Waals surface area contributed by atoms with Crippen LogP contribution in [0.2, 0.25) is 0 Å². The lowest BCUT2D eigenvalue weighted by molar-refractivity contribution is 0.0303. The van der Waals surface area contributed by atoms with E-state index in [1.807, 2.05) is 36.4 Å². The SMILES string of the molecule is COc1ccccc1NC(=S)Nc1ccc(C(=O)N2CCOCC2)cc1. The predicted molar refractivity (Wildman–Crippen MR) is 106 cm³/mol. The molecule has 0 aliphatic carbocycles. The molecule has 0 unspecified atom stereocenters. The number of benzene rings is 2. The molecule has 3 rings (SSSR count). The quantitative estimate of drug-likeness (QED) is 0.806. The normalized spacial score (nSPS) is 13.8. The number of nitrogens with zero attached hydrogens (tertiary/aromatic N) is 1. The van der Waals surface area contributed by atoms with Gasteiger partial charge in [0.2, 0.25) is 0 Å². The van der Waals surface area contributed by atoms with Crippen LogP contribution in [0.4, 0.5) is 11.4 Å². The van der Waals surface area contributed by atoms with Crippen LogP contribution in [0.3, 0.4) is 0 Å². The summed E-state index contributed by atoms with van der Waals surface area (Å²) in [5.41, 5.74) is 2.24. The summed E-state index contributed by atoms with van der Waals surface area (Å²) in [6, 6.07) is 14.8. The number of carbonyl (C=O) groups excluding carboxylic acids is 1. The number of hydrogen-bond donors (Lipinski definition) is 2. The Balaban J connectivity index is 1.60. The van der Waals surface area contributed by atoms with Crippen molar-refractivity contribution in [1.29, 1.82) is 0 Å². The Morgan fingerprint density at radius 3 is 2.46 bits per heavy atom. The van der Waals surface area contributed by atoms with Gasteiger partial charge in [-0.1, -0.05) is 12.1 Å². The third-order valence-electron chi connectivity index (χ3n) is 4.04. The highest BCUT2D eigenvalue weighted by molar-refractivity contribution is 7.80. The Hall–Kier alpha value is -2.64. The lowest BCUT2D eigenvalue weighted by Gasteiger charge is -2.26. The van der Waals surface area contributed by atoms with Gasteiger partial charge in [0, 0.05) is 24.3 Å². The summed E-state index contributed by atoms with van der Waals surface area (Å²) in [5.74, 6) is 0.734. The molecule has 0 spiro atoms. The van der Waals surface area contributed by atoms with E-state index in [1.165, 1.54) is 0 Å². The summed E-state index contributed by atoms with van der Waals surface area (Å²) in [5, 5.41) is 6.66. The van der Waals surface area contributed by atoms with Gasteiger partial charge in [-0.15, -0.1) is 0 Å². The number of carbonyl (C=O) groups is 1. The minimum absolute atomic E-state index is 0.0228. The molecule has 1 aliphatic heterocycles. The van der Waals surface area contributed by atoms with E-state index in [9.17, 15) is 4.79 Å². The Bertz CT molecular complexity index is 774. The zero-order chi connectivity index (χ0) is 18.4. The number of anilines is 2. The molecular formula is C19H21N3O3S. The minimum Gasteiger partial charge on any atom is -0.495 e. The van der Waals surface area contributed by atoms with E-state index in [4.69, 9.17) is 21.7 Å². The number of thiocarbonyl (C=S) groups is 1. The third kappa shape index (κ3) is 4.50. The molecule has 1 fully saturated rings. The fraction of sp³-hybridized carbons (Fsp3) is 0.263. The number of amides is 1. The second-order valence-corrected chi connectivity index (χ2v) is 6.17. The maximum atomic E-state index is 12.4. The number of nitrogens with one attached hydrogen (secondary N) is 2. The van der Waals surface area contributed by atoms with Crippen molar-refractivity contribution in [3.8, 4) is 5.75 Å². The van der Waals surface area contributed by atoms with Gasteiger partial charge in [-0.05, 0) is 48.6 Å². The van der Waals surface area contributed by atoms with E-state index in [1.54, 1.807) is 24.1 Å². The summed E-state index contributed by atoms with van der Waals surface area (Å²) >= 11 is 5.35. The molecule has 1 heterocycles. The molecule has 1 aliphatic rings. The molecule has 1 saturated heterocycles. The van der Waals surface area contributed by atoms with Crippen molar-refractivity contribution < 1.29 is 14.3 Å². The standard InChI is InChI=1S/C19H21N3O3S/c1-24-17-5-3-2-4-16(17)21-19(26)20-15-8-6-14(7-9-15)18(23)22-10-12-25-13-11-22/h2-9H,10-13H2,1H3,(H2,20,21,26). The highest BCUT2D eigenvalue weighted by Crippen LogP contribution is 2.23. The van der Waals surface area contributed by atoms with Crippen LogP contribution >= 0.6 is 12.2 Å². The first kappa shape index (κ1) is 18.2. The minimum atomic E-state index is 0.0228. The number of hydrogen-bond acceptors (Lipinski definition) is 4. The molecule has 0 bridgehead atoms. The average molecular weight is 371 g/mol. The van der Waals surface area contributed by atoms with Gasteiger partial charge >= 0.3 is 0 Å². The molecule has 7 heteroatoms. The van der Waals surface area contributed by atoms with E-state index in [0.29, 0.717) is 42.7 Å². The van der Waals surface area contributed by atoms with Crippen molar-refractivity contribution in [2.24, 2.45) is 0 Å². The Labute approximate surface area is 158 Å². The molecule has 2 aromatic carbocycles. The second kappa shape index (κ2) is 8.64. The van der Waals surface area contributed by atoms with Crippen LogP contribution in [0, 0.1) is 0 Å². The maximum absolute atomic E-state index is 12.4. The zero-order valence-electron chi connectivity index (χ0n) is 14.5. The van der Waals surface area contributed by atoms with Gasteiger partial charge in [-0.25, -0.2) is 0 Å². The van der Waals surface area contributed by atoms with E-state index >= 15 is 0 Å². The summed E-state index contributed by atoms with van der Waals surface area (Å²) in [6.07, 6.45) is 0. The monoisotopic (exact) mass is 371 g/mol. The average Bonchev–Trinajstić information content (AvgIpc) is 2.69. The van der Waals surface area contributed by atoms with Gasteiger partial charge in [0.1, 0.15) is 5.75 Å². The van der Waals surface area contributed by atoms with Crippen LogP contribution in [0.15, 0.2) is 48.5 Å². The Kier molecular flexibility index (Phi) is 6.04. The van der Waals surface area contributed by atoms with Gasteiger partial charge in [-0.2, -0.15) is 0 Å². The van der Waals surface area contributed by atoms with E-state index in [0.717, 1.165) is 11.4 Å². The number of methoxy groups -OCH3 is 1. The van der Waals surface area contributed by atoms with E-state index in [2.05, 4.69) is 10.6 Å². The van der Waals surface area contributed by atoms with E-state index in [-0.39, 0.29) is 5.91 Å². The van der Waals surface area contributed by atoms with Gasteiger partial charge in [0.15, 0.2) is 5.11 Å². The number of para-hydroxylation sites is 2. The summed E-state index contributed by atoms with van der Waals surface area (Å²) in [7, 11) is 1.61. The van der Waals surface area contributed by atoms with Gasteiger partial charge < -0.3 is 25.0 Å². The van der Waals surface area contributed by atoms with Crippen molar-refractivity contribution in [1.82, 2.24) is 4.90 Å². The smallest absolute Gasteiger partial charge is 0.254 e. The van der Waals surface area contributed by atoms with Crippen LogP contribution in [0.25, 0.3) is 0 Å². The fourth-order valence-corrected chi connectivity index (χ4v) is 2.91. The van der Waals surface area contributed by atoms with Crippen molar-refractivity contribution in [3.05, 3.63) is 54.1 Å². The van der Waals surface area contributed by atoms with Crippen molar-refractivity contribution in [2.45, 2.75) is 0 Å². The van der Waals surface area contributed by atoms with Gasteiger partial charge in [0.05, 0.1) is 26.0 Å². The summed E-state index contributed by atoms with van der Waals surface area (Å²) in [4.78, 5) is 14.2. The van der Waals surface area contributed by atoms with Crippen LogP contribution in [0.5, 0.6) is 5.75 Å². The molecule has 2 aromatic rings. The number of morpholine rings is 1. The largest absolute Gasteiger partial charge is 0.495 e. The first-order valence-corrected chi connectivity index (χ1v) is 8.76.